The molecule has 1 aromatic carbocycles. The van der Waals surface area contributed by atoms with E-state index < -0.39 is 11.9 Å². The van der Waals surface area contributed by atoms with Crippen molar-refractivity contribution >= 4 is 17.6 Å². The van der Waals surface area contributed by atoms with Gasteiger partial charge in [0.25, 0.3) is 0 Å². The van der Waals surface area contributed by atoms with E-state index in [-0.39, 0.29) is 35.3 Å². The first kappa shape index (κ1) is 16.9. The molecule has 1 heterocycles. The van der Waals surface area contributed by atoms with Crippen LogP contribution in [-0.4, -0.2) is 18.5 Å². The van der Waals surface area contributed by atoms with Crippen molar-refractivity contribution in [1.82, 2.24) is 0 Å². The summed E-state index contributed by atoms with van der Waals surface area (Å²) in [6.07, 6.45) is 0. The van der Waals surface area contributed by atoms with Crippen LogP contribution in [0.3, 0.4) is 0 Å². The highest BCUT2D eigenvalue weighted by Crippen LogP contribution is 2.39. The number of aryl methyl sites for hydroxylation is 1. The fourth-order valence-electron chi connectivity index (χ4n) is 2.44. The van der Waals surface area contributed by atoms with Crippen molar-refractivity contribution in [3.8, 4) is 6.07 Å². The molecule has 0 amide bonds. The zero-order valence-electron chi connectivity index (χ0n) is 12.9. The number of carbonyl (C=O) groups is 1. The first-order valence-electron chi connectivity index (χ1n) is 7.13. The highest BCUT2D eigenvalue weighted by molar-refractivity contribution is 6.19. The molecule has 0 radical (unpaired) electrons. The van der Waals surface area contributed by atoms with Crippen LogP contribution in [0, 0.1) is 18.3 Å². The van der Waals surface area contributed by atoms with E-state index in [4.69, 9.17) is 26.8 Å². The van der Waals surface area contributed by atoms with Gasteiger partial charge in [0.05, 0.1) is 24.0 Å². The number of ether oxygens (including phenoxy) is 2. The second-order valence-corrected chi connectivity index (χ2v) is 5.29. The molecule has 0 aromatic heterocycles. The quantitative estimate of drug-likeness (QED) is 0.677. The smallest absolute Gasteiger partial charge is 0.338 e. The fourth-order valence-corrected chi connectivity index (χ4v) is 2.64. The second-order valence-electron chi connectivity index (χ2n) is 5.03. The zero-order valence-corrected chi connectivity index (χ0v) is 13.7. The Morgan fingerprint density at radius 2 is 2.09 bits per heavy atom. The predicted molar refractivity (Wildman–Crippen MR) is 86.2 cm³/mol. The lowest BCUT2D eigenvalue weighted by atomic mass is 9.83. The molecule has 0 saturated carbocycles. The van der Waals surface area contributed by atoms with Crippen molar-refractivity contribution in [1.29, 1.82) is 5.26 Å². The molecule has 1 aliphatic heterocycles. The molecule has 0 fully saturated rings. The van der Waals surface area contributed by atoms with Crippen molar-refractivity contribution in [2.24, 2.45) is 5.73 Å². The minimum atomic E-state index is -0.651. The number of rotatable bonds is 4. The Kier molecular flexibility index (Phi) is 5.30. The van der Waals surface area contributed by atoms with Crippen LogP contribution in [0.25, 0.3) is 0 Å². The molecule has 1 aliphatic rings. The summed E-state index contributed by atoms with van der Waals surface area (Å²) in [7, 11) is 0. The number of nitriles is 1. The molecule has 0 unspecified atom stereocenters. The van der Waals surface area contributed by atoms with Crippen LogP contribution in [0.15, 0.2) is 47.1 Å². The minimum Gasteiger partial charge on any atom is -0.463 e. The number of nitrogens with two attached hydrogens (primary N) is 1. The molecule has 2 N–H and O–H groups in total. The fraction of sp³-hybridized carbons (Fsp3) is 0.294. The summed E-state index contributed by atoms with van der Waals surface area (Å²) in [5.41, 5.74) is 8.05. The van der Waals surface area contributed by atoms with E-state index in [1.165, 1.54) is 0 Å². The van der Waals surface area contributed by atoms with E-state index in [9.17, 15) is 10.1 Å². The zero-order chi connectivity index (χ0) is 17.0. The van der Waals surface area contributed by atoms with Gasteiger partial charge in [-0.3, -0.25) is 0 Å². The second kappa shape index (κ2) is 7.21. The third kappa shape index (κ3) is 3.33. The standard InChI is InChI=1S/C17H17ClN2O3/c1-3-22-17(21)15-13(8-18)23-16(20)12(9-19)14(15)11-6-4-10(2)5-7-11/h4-7,14H,3,8,20H2,1-2H3/t14-/m0/s1. The lowest BCUT2D eigenvalue weighted by Gasteiger charge is -2.27. The topological polar surface area (TPSA) is 85.3 Å². The highest BCUT2D eigenvalue weighted by Gasteiger charge is 2.37. The van der Waals surface area contributed by atoms with Gasteiger partial charge in [-0.2, -0.15) is 5.26 Å². The number of carbonyl (C=O) groups excluding carboxylic acids is 1. The maximum atomic E-state index is 12.4. The molecule has 5 nitrogen and oxygen atoms in total. The highest BCUT2D eigenvalue weighted by atomic mass is 35.5. The molecule has 1 atom stereocenters. The number of halogens is 1. The van der Waals surface area contributed by atoms with Gasteiger partial charge in [-0.05, 0) is 19.4 Å². The molecule has 6 heteroatoms. The summed E-state index contributed by atoms with van der Waals surface area (Å²) in [5.74, 6) is -1.08. The number of hydrogen-bond acceptors (Lipinski definition) is 5. The van der Waals surface area contributed by atoms with E-state index in [0.717, 1.165) is 11.1 Å². The van der Waals surface area contributed by atoms with Crippen molar-refractivity contribution < 1.29 is 14.3 Å². The third-order valence-corrected chi connectivity index (χ3v) is 3.77. The first-order valence-corrected chi connectivity index (χ1v) is 7.67. The Balaban J connectivity index is 2.63. The summed E-state index contributed by atoms with van der Waals surface area (Å²) in [6, 6.07) is 9.53. The maximum absolute atomic E-state index is 12.4. The molecular weight excluding hydrogens is 316 g/mol. The van der Waals surface area contributed by atoms with Crippen LogP contribution in [0.4, 0.5) is 0 Å². The largest absolute Gasteiger partial charge is 0.463 e. The van der Waals surface area contributed by atoms with Crippen molar-refractivity contribution in [2.45, 2.75) is 19.8 Å². The number of esters is 1. The van der Waals surface area contributed by atoms with Gasteiger partial charge in [0.1, 0.15) is 17.4 Å². The van der Waals surface area contributed by atoms with Gasteiger partial charge in [0.15, 0.2) is 0 Å². The normalized spacial score (nSPS) is 17.6. The lowest BCUT2D eigenvalue weighted by molar-refractivity contribution is -0.139. The Hall–Kier alpha value is -2.45. The summed E-state index contributed by atoms with van der Waals surface area (Å²) < 4.78 is 10.5. The van der Waals surface area contributed by atoms with E-state index in [0.29, 0.717) is 0 Å². The summed E-state index contributed by atoms with van der Waals surface area (Å²) >= 11 is 5.90. The number of benzene rings is 1. The monoisotopic (exact) mass is 332 g/mol. The minimum absolute atomic E-state index is 0.0400. The molecule has 2 rings (SSSR count). The van der Waals surface area contributed by atoms with Crippen LogP contribution < -0.4 is 5.73 Å². The van der Waals surface area contributed by atoms with Gasteiger partial charge >= 0.3 is 5.97 Å². The van der Waals surface area contributed by atoms with Gasteiger partial charge in [-0.1, -0.05) is 29.8 Å². The summed E-state index contributed by atoms with van der Waals surface area (Å²) in [5, 5.41) is 9.46. The van der Waals surface area contributed by atoms with Gasteiger partial charge in [-0.15, -0.1) is 11.6 Å². The molecule has 120 valence electrons. The Labute approximate surface area is 139 Å². The summed E-state index contributed by atoms with van der Waals surface area (Å²) in [6.45, 7) is 3.87. The number of alkyl halides is 1. The average molecular weight is 333 g/mol. The SMILES string of the molecule is CCOC(=O)C1=C(CCl)OC(N)=C(C#N)[C@@H]1c1ccc(C)cc1. The van der Waals surface area contributed by atoms with Gasteiger partial charge in [-0.25, -0.2) is 4.79 Å². The third-order valence-electron chi connectivity index (χ3n) is 3.52. The van der Waals surface area contributed by atoms with Crippen molar-refractivity contribution in [3.63, 3.8) is 0 Å². The Bertz CT molecular complexity index is 714. The average Bonchev–Trinajstić information content (AvgIpc) is 2.54. The molecule has 0 aliphatic carbocycles. The van der Waals surface area contributed by atoms with Crippen molar-refractivity contribution in [3.05, 3.63) is 58.2 Å². The molecule has 0 saturated heterocycles. The number of hydrogen-bond donors (Lipinski definition) is 1. The van der Waals surface area contributed by atoms with Gasteiger partial charge in [0.2, 0.25) is 5.88 Å². The van der Waals surface area contributed by atoms with Gasteiger partial charge < -0.3 is 15.2 Å². The maximum Gasteiger partial charge on any atom is 0.338 e. The number of nitrogens with zero attached hydrogens (tertiary/aromatic N) is 1. The Morgan fingerprint density at radius 3 is 2.61 bits per heavy atom. The van der Waals surface area contributed by atoms with E-state index in [1.54, 1.807) is 6.92 Å². The first-order chi connectivity index (χ1) is 11.0. The van der Waals surface area contributed by atoms with Crippen LogP contribution >= 0.6 is 11.6 Å². The predicted octanol–water partition coefficient (Wildman–Crippen LogP) is 2.86. The van der Waals surface area contributed by atoms with Crippen LogP contribution in [0.2, 0.25) is 0 Å². The molecule has 0 bridgehead atoms. The number of allylic oxidation sites excluding steroid dienone is 2. The van der Waals surface area contributed by atoms with Crippen LogP contribution in [-0.2, 0) is 14.3 Å². The molecular formula is C17H17ClN2O3. The van der Waals surface area contributed by atoms with Gasteiger partial charge in [0, 0.05) is 0 Å². The van der Waals surface area contributed by atoms with Crippen molar-refractivity contribution in [2.75, 3.05) is 12.5 Å². The van der Waals surface area contributed by atoms with E-state index >= 15 is 0 Å². The lowest BCUT2D eigenvalue weighted by Crippen LogP contribution is -2.26. The van der Waals surface area contributed by atoms with Crippen LogP contribution in [0.1, 0.15) is 24.0 Å². The van der Waals surface area contributed by atoms with Crippen LogP contribution in [0.5, 0.6) is 0 Å². The molecule has 23 heavy (non-hydrogen) atoms. The molecule has 0 spiro atoms. The summed E-state index contributed by atoms with van der Waals surface area (Å²) in [4.78, 5) is 12.4. The van der Waals surface area contributed by atoms with E-state index in [2.05, 4.69) is 0 Å². The van der Waals surface area contributed by atoms with E-state index in [1.807, 2.05) is 37.3 Å². The Morgan fingerprint density at radius 1 is 1.43 bits per heavy atom. The molecule has 1 aromatic rings.